The summed E-state index contributed by atoms with van der Waals surface area (Å²) in [6.45, 7) is 3.61. The fourth-order valence-electron chi connectivity index (χ4n) is 4.06. The number of fused-ring (bicyclic) bond motifs is 2. The van der Waals surface area contributed by atoms with Crippen LogP contribution in [0.4, 0.5) is 5.82 Å². The minimum atomic E-state index is 0.331. The van der Waals surface area contributed by atoms with Crippen molar-refractivity contribution < 1.29 is 4.74 Å². The minimum absolute atomic E-state index is 0.331. The van der Waals surface area contributed by atoms with E-state index in [2.05, 4.69) is 43.5 Å². The molecule has 0 bridgehead atoms. The first-order valence-electron chi connectivity index (χ1n) is 9.26. The maximum atomic E-state index is 6.29. The van der Waals surface area contributed by atoms with E-state index in [9.17, 15) is 0 Å². The fraction of sp³-hybridized carbons (Fsp3) is 0.421. The molecule has 1 atom stereocenters. The lowest BCUT2D eigenvalue weighted by atomic mass is 10.0. The van der Waals surface area contributed by atoms with E-state index in [1.807, 2.05) is 10.6 Å². The molecule has 7 nitrogen and oxygen atoms in total. The Labute approximate surface area is 152 Å². The minimum Gasteiger partial charge on any atom is -0.491 e. The van der Waals surface area contributed by atoms with Gasteiger partial charge >= 0.3 is 0 Å². The monoisotopic (exact) mass is 350 g/mol. The number of benzene rings is 1. The Bertz CT molecular complexity index is 923. The molecule has 2 aliphatic rings. The van der Waals surface area contributed by atoms with Crippen LogP contribution in [-0.4, -0.2) is 45.3 Å². The van der Waals surface area contributed by atoms with E-state index >= 15 is 0 Å². The second-order valence-electron chi connectivity index (χ2n) is 6.90. The van der Waals surface area contributed by atoms with E-state index in [-0.39, 0.29) is 0 Å². The molecular weight excluding hydrogens is 328 g/mol. The average molecular weight is 350 g/mol. The number of nitrogens with zero attached hydrogens (tertiary/aromatic N) is 5. The Balaban J connectivity index is 1.37. The Morgan fingerprint density at radius 2 is 2.23 bits per heavy atom. The number of ether oxygens (including phenoxy) is 1. The van der Waals surface area contributed by atoms with Gasteiger partial charge in [-0.25, -0.2) is 4.98 Å². The van der Waals surface area contributed by atoms with Crippen molar-refractivity contribution in [3.8, 4) is 5.75 Å². The summed E-state index contributed by atoms with van der Waals surface area (Å²) in [5.41, 5.74) is 2.72. The maximum absolute atomic E-state index is 6.29. The molecule has 1 aromatic carbocycles. The van der Waals surface area contributed by atoms with Gasteiger partial charge < -0.3 is 15.0 Å². The van der Waals surface area contributed by atoms with Crippen LogP contribution in [0.5, 0.6) is 5.75 Å². The number of hydrogen-bond acceptors (Lipinski definition) is 6. The van der Waals surface area contributed by atoms with Crippen molar-refractivity contribution in [2.75, 3.05) is 24.6 Å². The SMILES string of the molecule is c1cc2c(c(OCC3CCCN3c3ccnc4ncnn34)c1)CNCC2. The van der Waals surface area contributed by atoms with Crippen molar-refractivity contribution >= 4 is 11.6 Å². The zero-order valence-electron chi connectivity index (χ0n) is 14.6. The van der Waals surface area contributed by atoms with E-state index in [4.69, 9.17) is 4.74 Å². The van der Waals surface area contributed by atoms with Gasteiger partial charge in [0.15, 0.2) is 0 Å². The summed E-state index contributed by atoms with van der Waals surface area (Å²) in [5.74, 6) is 2.69. The molecule has 134 valence electrons. The molecule has 7 heteroatoms. The predicted octanol–water partition coefficient (Wildman–Crippen LogP) is 1.82. The summed E-state index contributed by atoms with van der Waals surface area (Å²) in [7, 11) is 0. The van der Waals surface area contributed by atoms with Crippen molar-refractivity contribution in [3.05, 3.63) is 47.9 Å². The zero-order valence-corrected chi connectivity index (χ0v) is 14.6. The molecule has 1 fully saturated rings. The third-order valence-corrected chi connectivity index (χ3v) is 5.37. The Morgan fingerprint density at radius 3 is 3.23 bits per heavy atom. The van der Waals surface area contributed by atoms with E-state index in [1.165, 1.54) is 11.1 Å². The zero-order chi connectivity index (χ0) is 17.3. The van der Waals surface area contributed by atoms with Crippen LogP contribution in [0, 0.1) is 0 Å². The Kier molecular flexibility index (Phi) is 3.93. The van der Waals surface area contributed by atoms with Gasteiger partial charge in [-0.1, -0.05) is 12.1 Å². The molecule has 4 heterocycles. The van der Waals surface area contributed by atoms with Gasteiger partial charge in [-0.05, 0) is 43.5 Å². The van der Waals surface area contributed by atoms with E-state index in [1.54, 1.807) is 12.5 Å². The molecule has 0 radical (unpaired) electrons. The molecule has 2 aromatic heterocycles. The Hall–Kier alpha value is -2.67. The third kappa shape index (κ3) is 2.68. The van der Waals surface area contributed by atoms with Crippen molar-refractivity contribution in [2.24, 2.45) is 0 Å². The van der Waals surface area contributed by atoms with Crippen LogP contribution >= 0.6 is 0 Å². The summed E-state index contributed by atoms with van der Waals surface area (Å²) in [4.78, 5) is 10.8. The first-order valence-corrected chi connectivity index (χ1v) is 9.26. The number of nitrogens with one attached hydrogen (secondary N) is 1. The molecule has 1 saturated heterocycles. The lowest BCUT2D eigenvalue weighted by Gasteiger charge is -2.27. The van der Waals surface area contributed by atoms with Gasteiger partial charge in [0, 0.05) is 24.8 Å². The molecular formula is C19H22N6O. The van der Waals surface area contributed by atoms with Crippen molar-refractivity contribution in [3.63, 3.8) is 0 Å². The quantitative estimate of drug-likeness (QED) is 0.774. The predicted molar refractivity (Wildman–Crippen MR) is 98.5 cm³/mol. The molecule has 3 aromatic rings. The van der Waals surface area contributed by atoms with Crippen LogP contribution in [0.1, 0.15) is 24.0 Å². The standard InChI is InChI=1S/C19H22N6O/c1-3-14-6-8-20-11-16(14)17(5-1)26-12-15-4-2-10-24(15)18-7-9-21-19-22-13-23-25(18)19/h1,3,5,7,9,13,15,20H,2,4,6,8,10-12H2. The van der Waals surface area contributed by atoms with Crippen LogP contribution in [-0.2, 0) is 13.0 Å². The van der Waals surface area contributed by atoms with Gasteiger partial charge in [-0.2, -0.15) is 14.6 Å². The molecule has 0 spiro atoms. The van der Waals surface area contributed by atoms with Crippen molar-refractivity contribution in [1.29, 1.82) is 0 Å². The average Bonchev–Trinajstić information content (AvgIpc) is 3.35. The number of rotatable bonds is 4. The highest BCUT2D eigenvalue weighted by molar-refractivity contribution is 5.47. The molecule has 1 unspecified atom stereocenters. The van der Waals surface area contributed by atoms with Crippen LogP contribution in [0.15, 0.2) is 36.8 Å². The summed E-state index contributed by atoms with van der Waals surface area (Å²) < 4.78 is 8.10. The first-order chi connectivity index (χ1) is 12.9. The van der Waals surface area contributed by atoms with Gasteiger partial charge in [0.25, 0.3) is 5.78 Å². The maximum Gasteiger partial charge on any atom is 0.254 e. The van der Waals surface area contributed by atoms with Crippen LogP contribution in [0.25, 0.3) is 5.78 Å². The van der Waals surface area contributed by atoms with Gasteiger partial charge in [-0.15, -0.1) is 0 Å². The third-order valence-electron chi connectivity index (χ3n) is 5.37. The number of hydrogen-bond donors (Lipinski definition) is 1. The molecule has 1 N–H and O–H groups in total. The highest BCUT2D eigenvalue weighted by Crippen LogP contribution is 2.28. The topological polar surface area (TPSA) is 67.6 Å². The molecule has 0 amide bonds. The molecule has 5 rings (SSSR count). The molecule has 26 heavy (non-hydrogen) atoms. The highest BCUT2D eigenvalue weighted by Gasteiger charge is 2.28. The van der Waals surface area contributed by atoms with Gasteiger partial charge in [0.2, 0.25) is 0 Å². The van der Waals surface area contributed by atoms with Gasteiger partial charge in [0.05, 0.1) is 6.04 Å². The van der Waals surface area contributed by atoms with Crippen molar-refractivity contribution in [2.45, 2.75) is 31.8 Å². The fourth-order valence-corrected chi connectivity index (χ4v) is 4.06. The molecule has 2 aliphatic heterocycles. The highest BCUT2D eigenvalue weighted by atomic mass is 16.5. The first kappa shape index (κ1) is 15.6. The summed E-state index contributed by atoms with van der Waals surface area (Å²) in [6.07, 6.45) is 6.70. The normalized spacial score (nSPS) is 19.7. The largest absolute Gasteiger partial charge is 0.491 e. The summed E-state index contributed by atoms with van der Waals surface area (Å²) in [6, 6.07) is 8.75. The van der Waals surface area contributed by atoms with Crippen LogP contribution < -0.4 is 15.0 Å². The molecule has 0 saturated carbocycles. The lowest BCUT2D eigenvalue weighted by Crippen LogP contribution is -2.36. The van der Waals surface area contributed by atoms with Crippen LogP contribution in [0.3, 0.4) is 0 Å². The second kappa shape index (κ2) is 6.57. The van der Waals surface area contributed by atoms with Crippen molar-refractivity contribution in [1.82, 2.24) is 24.9 Å². The lowest BCUT2D eigenvalue weighted by molar-refractivity contribution is 0.283. The van der Waals surface area contributed by atoms with Gasteiger partial charge in [-0.3, -0.25) is 0 Å². The second-order valence-corrected chi connectivity index (χ2v) is 6.90. The number of aromatic nitrogens is 4. The Morgan fingerprint density at radius 1 is 1.23 bits per heavy atom. The number of anilines is 1. The van der Waals surface area contributed by atoms with Crippen LogP contribution in [0.2, 0.25) is 0 Å². The summed E-state index contributed by atoms with van der Waals surface area (Å²) >= 11 is 0. The molecule has 0 aliphatic carbocycles. The van der Waals surface area contributed by atoms with E-state index < -0.39 is 0 Å². The smallest absolute Gasteiger partial charge is 0.254 e. The van der Waals surface area contributed by atoms with E-state index in [0.29, 0.717) is 18.4 Å². The van der Waals surface area contributed by atoms with E-state index in [0.717, 1.165) is 50.5 Å². The summed E-state index contributed by atoms with van der Waals surface area (Å²) in [5, 5.41) is 7.77. The van der Waals surface area contributed by atoms with Gasteiger partial charge in [0.1, 0.15) is 24.5 Å².